The van der Waals surface area contributed by atoms with Crippen LogP contribution in [0, 0.1) is 10.1 Å². The molecule has 1 N–H and O–H groups in total. The predicted octanol–water partition coefficient (Wildman–Crippen LogP) is 3.64. The Morgan fingerprint density at radius 1 is 1.37 bits per heavy atom. The Hall–Kier alpha value is -1.62. The predicted molar refractivity (Wildman–Crippen MR) is 74.7 cm³/mol. The molecule has 106 valence electrons. The topological polar surface area (TPSA) is 80.4 Å². The van der Waals surface area contributed by atoms with Crippen molar-refractivity contribution in [2.45, 2.75) is 32.6 Å². The normalized spacial score (nSPS) is 9.37. The third-order valence-corrected chi connectivity index (χ3v) is 2.53. The average Bonchev–Trinajstić information content (AvgIpc) is 2.36. The van der Waals surface area contributed by atoms with Crippen LogP contribution in [0.5, 0.6) is 0 Å². The first kappa shape index (κ1) is 17.4. The molecule has 0 unspecified atom stereocenters. The molecule has 0 aromatic heterocycles. The summed E-state index contributed by atoms with van der Waals surface area (Å²) in [5, 5.41) is 18.9. The largest absolute Gasteiger partial charge is 0.481 e. The molecule has 6 heteroatoms. The van der Waals surface area contributed by atoms with Crippen molar-refractivity contribution in [3.8, 4) is 0 Å². The summed E-state index contributed by atoms with van der Waals surface area (Å²) in [6, 6.07) is 5.80. The second-order valence-electron chi connectivity index (χ2n) is 3.85. The SMILES string of the molecule is CCCCCCl.O=C(O)Cc1ccccc1[N+](=O)[O-]. The van der Waals surface area contributed by atoms with Gasteiger partial charge in [-0.25, -0.2) is 0 Å². The minimum Gasteiger partial charge on any atom is -0.481 e. The Bertz CT molecular complexity index is 405. The number of carboxylic acid groups (broad SMARTS) is 1. The van der Waals surface area contributed by atoms with Gasteiger partial charge in [-0.05, 0) is 6.42 Å². The van der Waals surface area contributed by atoms with E-state index in [-0.39, 0.29) is 17.7 Å². The van der Waals surface area contributed by atoms with Gasteiger partial charge in [0.15, 0.2) is 0 Å². The van der Waals surface area contributed by atoms with Crippen molar-refractivity contribution >= 4 is 23.3 Å². The van der Waals surface area contributed by atoms with Crippen LogP contribution in [0.3, 0.4) is 0 Å². The van der Waals surface area contributed by atoms with Crippen molar-refractivity contribution in [3.05, 3.63) is 39.9 Å². The molecule has 0 bridgehead atoms. The number of carboxylic acids is 1. The van der Waals surface area contributed by atoms with Crippen molar-refractivity contribution in [1.29, 1.82) is 0 Å². The van der Waals surface area contributed by atoms with Gasteiger partial charge in [-0.3, -0.25) is 14.9 Å². The Morgan fingerprint density at radius 2 is 2.00 bits per heavy atom. The molecule has 0 fully saturated rings. The molecule has 0 amide bonds. The molecule has 0 radical (unpaired) electrons. The van der Waals surface area contributed by atoms with Gasteiger partial charge in [0.1, 0.15) is 0 Å². The highest BCUT2D eigenvalue weighted by molar-refractivity contribution is 6.17. The smallest absolute Gasteiger partial charge is 0.308 e. The number of hydrogen-bond acceptors (Lipinski definition) is 3. The van der Waals surface area contributed by atoms with E-state index in [0.29, 0.717) is 0 Å². The van der Waals surface area contributed by atoms with Gasteiger partial charge in [0.25, 0.3) is 5.69 Å². The van der Waals surface area contributed by atoms with Gasteiger partial charge in [-0.1, -0.05) is 38.0 Å². The summed E-state index contributed by atoms with van der Waals surface area (Å²) in [7, 11) is 0. The first-order chi connectivity index (χ1) is 9.02. The number of halogens is 1. The molecule has 1 rings (SSSR count). The minimum absolute atomic E-state index is 0.148. The van der Waals surface area contributed by atoms with Crippen LogP contribution in [0.1, 0.15) is 31.7 Å². The lowest BCUT2D eigenvalue weighted by atomic mass is 10.1. The summed E-state index contributed by atoms with van der Waals surface area (Å²) >= 11 is 5.38. The van der Waals surface area contributed by atoms with E-state index in [1.807, 2.05) is 0 Å². The molecule has 1 aromatic carbocycles. The summed E-state index contributed by atoms with van der Waals surface area (Å²) in [6.45, 7) is 2.17. The monoisotopic (exact) mass is 287 g/mol. The number of hydrogen-bond donors (Lipinski definition) is 1. The standard InChI is InChI=1S/C8H7NO4.C5H11Cl/c10-8(11)5-6-3-1-2-4-7(6)9(12)13;1-2-3-4-5-6/h1-4H,5H2,(H,10,11);2-5H2,1H3. The highest BCUT2D eigenvalue weighted by Gasteiger charge is 2.14. The van der Waals surface area contributed by atoms with E-state index in [9.17, 15) is 14.9 Å². The first-order valence-electron chi connectivity index (χ1n) is 6.03. The third kappa shape index (κ3) is 8.15. The van der Waals surface area contributed by atoms with Gasteiger partial charge < -0.3 is 5.11 Å². The highest BCUT2D eigenvalue weighted by Crippen LogP contribution is 2.17. The minimum atomic E-state index is -1.07. The van der Waals surface area contributed by atoms with Crippen LogP contribution in [0.2, 0.25) is 0 Å². The maximum atomic E-state index is 10.4. The summed E-state index contributed by atoms with van der Waals surface area (Å²) in [6.07, 6.45) is 3.41. The maximum absolute atomic E-state index is 10.4. The van der Waals surface area contributed by atoms with E-state index in [1.165, 1.54) is 37.5 Å². The van der Waals surface area contributed by atoms with Gasteiger partial charge in [0.2, 0.25) is 0 Å². The number of aliphatic carboxylic acids is 1. The number of unbranched alkanes of at least 4 members (excludes halogenated alkanes) is 2. The average molecular weight is 288 g/mol. The van der Waals surface area contributed by atoms with Gasteiger partial charge in [0.05, 0.1) is 11.3 Å². The Kier molecular flexibility index (Phi) is 9.44. The van der Waals surface area contributed by atoms with E-state index in [2.05, 4.69) is 6.92 Å². The van der Waals surface area contributed by atoms with Crippen molar-refractivity contribution in [2.24, 2.45) is 0 Å². The van der Waals surface area contributed by atoms with E-state index >= 15 is 0 Å². The maximum Gasteiger partial charge on any atom is 0.308 e. The molecule has 0 heterocycles. The second kappa shape index (κ2) is 10.3. The van der Waals surface area contributed by atoms with E-state index in [4.69, 9.17) is 16.7 Å². The molecule has 0 saturated heterocycles. The van der Waals surface area contributed by atoms with Gasteiger partial charge in [-0.2, -0.15) is 0 Å². The summed E-state index contributed by atoms with van der Waals surface area (Å²) in [5.41, 5.74) is 0.0740. The lowest BCUT2D eigenvalue weighted by Crippen LogP contribution is -2.03. The number of carbonyl (C=O) groups is 1. The van der Waals surface area contributed by atoms with Crippen molar-refractivity contribution in [3.63, 3.8) is 0 Å². The molecule has 0 saturated carbocycles. The van der Waals surface area contributed by atoms with Gasteiger partial charge >= 0.3 is 5.97 Å². The second-order valence-corrected chi connectivity index (χ2v) is 4.23. The van der Waals surface area contributed by atoms with Gasteiger partial charge in [-0.15, -0.1) is 11.6 Å². The fraction of sp³-hybridized carbons (Fsp3) is 0.462. The summed E-state index contributed by atoms with van der Waals surface area (Å²) in [5.74, 6) is -0.247. The molecular formula is C13H18ClNO4. The summed E-state index contributed by atoms with van der Waals surface area (Å²) in [4.78, 5) is 20.2. The Morgan fingerprint density at radius 3 is 2.42 bits per heavy atom. The molecule has 0 aliphatic carbocycles. The van der Waals surface area contributed by atoms with Crippen LogP contribution in [0.4, 0.5) is 5.69 Å². The molecule has 19 heavy (non-hydrogen) atoms. The van der Waals surface area contributed by atoms with E-state index in [1.54, 1.807) is 6.07 Å². The lowest BCUT2D eigenvalue weighted by Gasteiger charge is -1.97. The number of nitro benzene ring substituents is 1. The lowest BCUT2D eigenvalue weighted by molar-refractivity contribution is -0.385. The molecule has 5 nitrogen and oxygen atoms in total. The number of nitro groups is 1. The van der Waals surface area contributed by atoms with Crippen LogP contribution in [-0.2, 0) is 11.2 Å². The van der Waals surface area contributed by atoms with Crippen molar-refractivity contribution in [1.82, 2.24) is 0 Å². The van der Waals surface area contributed by atoms with Crippen LogP contribution in [0.25, 0.3) is 0 Å². The molecule has 0 aliphatic heterocycles. The van der Waals surface area contributed by atoms with Crippen LogP contribution in [-0.4, -0.2) is 21.9 Å². The zero-order valence-corrected chi connectivity index (χ0v) is 11.6. The number of nitrogens with zero attached hydrogens (tertiary/aromatic N) is 1. The Labute approximate surface area is 117 Å². The number of rotatable bonds is 6. The van der Waals surface area contributed by atoms with Crippen molar-refractivity contribution in [2.75, 3.05) is 5.88 Å². The Balaban J connectivity index is 0.000000459. The van der Waals surface area contributed by atoms with E-state index < -0.39 is 10.9 Å². The quantitative estimate of drug-likeness (QED) is 0.375. The third-order valence-electron chi connectivity index (χ3n) is 2.27. The molecule has 0 aliphatic rings. The van der Waals surface area contributed by atoms with E-state index in [0.717, 1.165) is 5.88 Å². The van der Waals surface area contributed by atoms with Crippen LogP contribution < -0.4 is 0 Å². The molecule has 0 atom stereocenters. The number of benzene rings is 1. The van der Waals surface area contributed by atoms with Crippen molar-refractivity contribution < 1.29 is 14.8 Å². The zero-order chi connectivity index (χ0) is 14.7. The van der Waals surface area contributed by atoms with Gasteiger partial charge in [0, 0.05) is 17.5 Å². The fourth-order valence-corrected chi connectivity index (χ4v) is 1.53. The fourth-order valence-electron chi connectivity index (χ4n) is 1.35. The molecule has 0 spiro atoms. The van der Waals surface area contributed by atoms with Crippen LogP contribution in [0.15, 0.2) is 24.3 Å². The zero-order valence-electron chi connectivity index (χ0n) is 10.8. The molecule has 1 aromatic rings. The van der Waals surface area contributed by atoms with Crippen LogP contribution >= 0.6 is 11.6 Å². The highest BCUT2D eigenvalue weighted by atomic mass is 35.5. The first-order valence-corrected chi connectivity index (χ1v) is 6.56. The number of alkyl halides is 1. The molecular weight excluding hydrogens is 270 g/mol. The summed E-state index contributed by atoms with van der Waals surface area (Å²) < 4.78 is 0. The number of para-hydroxylation sites is 1.